The van der Waals surface area contributed by atoms with E-state index < -0.39 is 7.12 Å². The Bertz CT molecular complexity index is 1560. The summed E-state index contributed by atoms with van der Waals surface area (Å²) < 4.78 is 0. The van der Waals surface area contributed by atoms with E-state index in [0.717, 1.165) is 11.1 Å². The molecule has 0 unspecified atom stereocenters. The quantitative estimate of drug-likeness (QED) is 0.358. The molecule has 160 valence electrons. The zero-order chi connectivity index (χ0) is 22.9. The van der Waals surface area contributed by atoms with Crippen LogP contribution in [0.1, 0.15) is 22.3 Å². The monoisotopic (exact) mass is 436 g/mol. The molecule has 0 aromatic heterocycles. The van der Waals surface area contributed by atoms with Crippen LogP contribution in [0.15, 0.2) is 115 Å². The molecule has 0 saturated heterocycles. The number of benzene rings is 5. The lowest BCUT2D eigenvalue weighted by atomic mass is 9.70. The molecule has 0 atom stereocenters. The second-order valence-electron chi connectivity index (χ2n) is 9.11. The van der Waals surface area contributed by atoms with Crippen LogP contribution in [0.3, 0.4) is 0 Å². The minimum absolute atomic E-state index is 0.372. The molecule has 5 aromatic rings. The SMILES string of the molecule is OB(O)c1cccc(-c2cccc3c2-c2ccccc2C32c3ccccc3-c3ccccc32)c1. The highest BCUT2D eigenvalue weighted by Crippen LogP contribution is 2.63. The third-order valence-electron chi connectivity index (χ3n) is 7.52. The topological polar surface area (TPSA) is 40.5 Å². The maximum atomic E-state index is 9.79. The predicted octanol–water partition coefficient (Wildman–Crippen LogP) is 5.38. The maximum absolute atomic E-state index is 9.79. The van der Waals surface area contributed by atoms with Gasteiger partial charge in [-0.2, -0.15) is 0 Å². The Morgan fingerprint density at radius 2 is 0.971 bits per heavy atom. The molecule has 3 heteroatoms. The maximum Gasteiger partial charge on any atom is 0.488 e. The molecule has 5 aromatic carbocycles. The van der Waals surface area contributed by atoms with Crippen molar-refractivity contribution < 1.29 is 10.0 Å². The van der Waals surface area contributed by atoms with E-state index in [-0.39, 0.29) is 5.41 Å². The zero-order valence-corrected chi connectivity index (χ0v) is 18.4. The first-order valence-electron chi connectivity index (χ1n) is 11.6. The first-order valence-corrected chi connectivity index (χ1v) is 11.6. The summed E-state index contributed by atoms with van der Waals surface area (Å²) in [6, 6.07) is 40.4. The minimum atomic E-state index is -1.50. The van der Waals surface area contributed by atoms with Crippen molar-refractivity contribution in [3.8, 4) is 33.4 Å². The Kier molecular flexibility index (Phi) is 4.05. The molecule has 2 aliphatic carbocycles. The van der Waals surface area contributed by atoms with Gasteiger partial charge in [-0.1, -0.05) is 115 Å². The molecule has 7 rings (SSSR count). The van der Waals surface area contributed by atoms with Gasteiger partial charge in [0.05, 0.1) is 5.41 Å². The van der Waals surface area contributed by atoms with E-state index in [2.05, 4.69) is 91.0 Å². The van der Waals surface area contributed by atoms with Gasteiger partial charge < -0.3 is 10.0 Å². The van der Waals surface area contributed by atoms with Crippen LogP contribution in [0.4, 0.5) is 0 Å². The Labute approximate surface area is 198 Å². The number of fused-ring (bicyclic) bond motifs is 10. The average Bonchev–Trinajstić information content (AvgIpc) is 3.36. The summed E-state index contributed by atoms with van der Waals surface area (Å²) in [5, 5.41) is 19.6. The van der Waals surface area contributed by atoms with E-state index in [9.17, 15) is 10.0 Å². The molecule has 0 heterocycles. The Hall–Kier alpha value is -3.92. The predicted molar refractivity (Wildman–Crippen MR) is 138 cm³/mol. The Morgan fingerprint density at radius 1 is 0.471 bits per heavy atom. The van der Waals surface area contributed by atoms with Crippen molar-refractivity contribution in [2.45, 2.75) is 5.41 Å². The Balaban J connectivity index is 1.62. The Morgan fingerprint density at radius 3 is 1.62 bits per heavy atom. The summed E-state index contributed by atoms with van der Waals surface area (Å²) in [5.74, 6) is 0. The molecule has 0 fully saturated rings. The van der Waals surface area contributed by atoms with Crippen LogP contribution >= 0.6 is 0 Å². The van der Waals surface area contributed by atoms with Crippen molar-refractivity contribution in [2.75, 3.05) is 0 Å². The molecule has 0 bridgehead atoms. The fraction of sp³-hybridized carbons (Fsp3) is 0.0323. The molecule has 2 N–H and O–H groups in total. The van der Waals surface area contributed by atoms with Crippen LogP contribution in [0, 0.1) is 0 Å². The highest BCUT2D eigenvalue weighted by atomic mass is 16.4. The highest BCUT2D eigenvalue weighted by molar-refractivity contribution is 6.58. The first kappa shape index (κ1) is 19.5. The normalized spacial score (nSPS) is 13.8. The van der Waals surface area contributed by atoms with Gasteiger partial charge in [0.15, 0.2) is 0 Å². The van der Waals surface area contributed by atoms with Gasteiger partial charge in [-0.25, -0.2) is 0 Å². The summed E-state index contributed by atoms with van der Waals surface area (Å²) in [7, 11) is -1.50. The van der Waals surface area contributed by atoms with Crippen molar-refractivity contribution in [1.82, 2.24) is 0 Å². The van der Waals surface area contributed by atoms with Gasteiger partial charge in [0.2, 0.25) is 0 Å². The van der Waals surface area contributed by atoms with E-state index in [0.29, 0.717) is 5.46 Å². The fourth-order valence-electron chi connectivity index (χ4n) is 6.25. The largest absolute Gasteiger partial charge is 0.488 e. The number of hydrogen-bond acceptors (Lipinski definition) is 2. The summed E-state index contributed by atoms with van der Waals surface area (Å²) in [4.78, 5) is 0. The van der Waals surface area contributed by atoms with Crippen LogP contribution in [0.25, 0.3) is 33.4 Å². The standard InChI is InChI=1S/C31H21BO2/c33-32(34)21-10-7-9-20(19-21)22-14-8-18-29-30(22)25-13-3-6-17-28(25)31(29)26-15-4-1-11-23(26)24-12-2-5-16-27(24)31/h1-19,33-34H. The van der Waals surface area contributed by atoms with Crippen molar-refractivity contribution in [2.24, 2.45) is 0 Å². The van der Waals surface area contributed by atoms with Crippen molar-refractivity contribution in [3.05, 3.63) is 138 Å². The van der Waals surface area contributed by atoms with Gasteiger partial charge in [-0.15, -0.1) is 0 Å². The van der Waals surface area contributed by atoms with Gasteiger partial charge in [-0.3, -0.25) is 0 Å². The van der Waals surface area contributed by atoms with Gasteiger partial charge in [-0.05, 0) is 61.1 Å². The van der Waals surface area contributed by atoms with E-state index in [1.54, 1.807) is 6.07 Å². The van der Waals surface area contributed by atoms with Gasteiger partial charge in [0.1, 0.15) is 0 Å². The van der Waals surface area contributed by atoms with E-state index >= 15 is 0 Å². The number of hydrogen-bond donors (Lipinski definition) is 2. The lowest BCUT2D eigenvalue weighted by Crippen LogP contribution is -2.29. The van der Waals surface area contributed by atoms with Crippen LogP contribution in [-0.4, -0.2) is 17.2 Å². The van der Waals surface area contributed by atoms with E-state index in [4.69, 9.17) is 0 Å². The van der Waals surface area contributed by atoms with Gasteiger partial charge in [0.25, 0.3) is 0 Å². The molecule has 1 spiro atoms. The van der Waals surface area contributed by atoms with Crippen LogP contribution in [0.2, 0.25) is 0 Å². The average molecular weight is 436 g/mol. The first-order chi connectivity index (χ1) is 16.7. The van der Waals surface area contributed by atoms with E-state index in [1.807, 2.05) is 18.2 Å². The van der Waals surface area contributed by atoms with Crippen LogP contribution in [-0.2, 0) is 5.41 Å². The molecule has 34 heavy (non-hydrogen) atoms. The van der Waals surface area contributed by atoms with Crippen LogP contribution < -0.4 is 5.46 Å². The molecular formula is C31H21BO2. The van der Waals surface area contributed by atoms with Crippen LogP contribution in [0.5, 0.6) is 0 Å². The second kappa shape index (κ2) is 7.04. The summed E-state index contributed by atoms with van der Waals surface area (Å²) in [5.41, 5.74) is 12.4. The highest BCUT2D eigenvalue weighted by Gasteiger charge is 2.51. The van der Waals surface area contributed by atoms with Crippen molar-refractivity contribution in [1.29, 1.82) is 0 Å². The smallest absolute Gasteiger partial charge is 0.423 e. The third kappa shape index (κ3) is 2.38. The molecule has 2 aliphatic rings. The third-order valence-corrected chi connectivity index (χ3v) is 7.52. The van der Waals surface area contributed by atoms with Crippen molar-refractivity contribution >= 4 is 12.6 Å². The second-order valence-corrected chi connectivity index (χ2v) is 9.11. The summed E-state index contributed by atoms with van der Waals surface area (Å²) in [6.45, 7) is 0. The molecule has 0 amide bonds. The molecule has 0 radical (unpaired) electrons. The number of rotatable bonds is 2. The van der Waals surface area contributed by atoms with Crippen molar-refractivity contribution in [3.63, 3.8) is 0 Å². The van der Waals surface area contributed by atoms with Gasteiger partial charge in [0, 0.05) is 0 Å². The minimum Gasteiger partial charge on any atom is -0.423 e. The van der Waals surface area contributed by atoms with E-state index in [1.165, 1.54) is 44.5 Å². The molecular weight excluding hydrogens is 415 g/mol. The summed E-state index contributed by atoms with van der Waals surface area (Å²) in [6.07, 6.45) is 0. The molecule has 2 nitrogen and oxygen atoms in total. The lowest BCUT2D eigenvalue weighted by molar-refractivity contribution is 0.426. The zero-order valence-electron chi connectivity index (χ0n) is 18.4. The van der Waals surface area contributed by atoms with Gasteiger partial charge >= 0.3 is 7.12 Å². The fourth-order valence-corrected chi connectivity index (χ4v) is 6.25. The molecule has 0 saturated carbocycles. The lowest BCUT2D eigenvalue weighted by Gasteiger charge is -2.30. The molecule has 0 aliphatic heterocycles. The summed E-state index contributed by atoms with van der Waals surface area (Å²) >= 11 is 0.